The Morgan fingerprint density at radius 2 is 1.97 bits per heavy atom. The number of Topliss-reactive ketones (excluding diaryl/α,β-unsaturated/α-hetero) is 1. The summed E-state index contributed by atoms with van der Waals surface area (Å²) in [6, 6.07) is 9.63. The topological polar surface area (TPSA) is 70.5 Å². The van der Waals surface area contributed by atoms with Crippen molar-refractivity contribution in [3.8, 4) is 0 Å². The minimum Gasteiger partial charge on any atom is -0.318 e. The van der Waals surface area contributed by atoms with Crippen LogP contribution in [0.4, 0.5) is 5.82 Å². The van der Waals surface area contributed by atoms with E-state index < -0.39 is 0 Å². The molecule has 2 aromatic rings. The molecule has 3 heterocycles. The van der Waals surface area contributed by atoms with Gasteiger partial charge in [-0.2, -0.15) is 0 Å². The van der Waals surface area contributed by atoms with Crippen molar-refractivity contribution in [3.63, 3.8) is 0 Å². The summed E-state index contributed by atoms with van der Waals surface area (Å²) in [6.07, 6.45) is 5.50. The van der Waals surface area contributed by atoms with E-state index in [0.29, 0.717) is 47.3 Å². The number of nitrogens with zero attached hydrogens (tertiary/aromatic N) is 4. The maximum Gasteiger partial charge on any atom is 0.280 e. The molecule has 1 aromatic carbocycles. The summed E-state index contributed by atoms with van der Waals surface area (Å²) in [6.45, 7) is 9.86. The van der Waals surface area contributed by atoms with E-state index in [1.807, 2.05) is 30.1 Å². The Morgan fingerprint density at radius 1 is 1.21 bits per heavy atom. The lowest BCUT2D eigenvalue weighted by Gasteiger charge is -2.35. The highest BCUT2D eigenvalue weighted by Gasteiger charge is 2.45. The molecule has 1 N–H and O–H groups in total. The highest BCUT2D eigenvalue weighted by molar-refractivity contribution is 6.06. The molecule has 1 saturated heterocycles. The van der Waals surface area contributed by atoms with Crippen LogP contribution in [-0.4, -0.2) is 52.3 Å². The lowest BCUT2D eigenvalue weighted by Crippen LogP contribution is -2.45. The SMILES string of the molecule is C=C1N(CC(=O)c2ccccc2)C(=O)c2c(nc(C3CC[C@H]4NCC[C@@H]34)n2CC=C(C)C)N1C. The zero-order chi connectivity index (χ0) is 24.0. The smallest absolute Gasteiger partial charge is 0.280 e. The zero-order valence-corrected chi connectivity index (χ0v) is 20.3. The number of hydrogen-bond donors (Lipinski definition) is 1. The van der Waals surface area contributed by atoms with Crippen LogP contribution in [0.1, 0.15) is 65.7 Å². The summed E-state index contributed by atoms with van der Waals surface area (Å²) in [5.41, 5.74) is 2.33. The van der Waals surface area contributed by atoms with Crippen LogP contribution in [-0.2, 0) is 6.54 Å². The number of aromatic nitrogens is 2. The van der Waals surface area contributed by atoms with Gasteiger partial charge in [0, 0.05) is 31.1 Å². The van der Waals surface area contributed by atoms with E-state index in [-0.39, 0.29) is 18.2 Å². The van der Waals surface area contributed by atoms with E-state index in [2.05, 4.69) is 36.4 Å². The Bertz CT molecular complexity index is 1160. The Labute approximate surface area is 201 Å². The summed E-state index contributed by atoms with van der Waals surface area (Å²) < 4.78 is 2.10. The minimum atomic E-state index is -0.206. The van der Waals surface area contributed by atoms with E-state index in [1.54, 1.807) is 12.1 Å². The number of rotatable bonds is 6. The van der Waals surface area contributed by atoms with Gasteiger partial charge in [-0.25, -0.2) is 4.98 Å². The number of anilines is 1. The number of nitrogens with one attached hydrogen (secondary N) is 1. The largest absolute Gasteiger partial charge is 0.318 e. The van der Waals surface area contributed by atoms with Crippen LogP contribution >= 0.6 is 0 Å². The second-order valence-electron chi connectivity index (χ2n) is 9.89. The monoisotopic (exact) mass is 459 g/mol. The normalized spacial score (nSPS) is 23.8. The van der Waals surface area contributed by atoms with Gasteiger partial charge < -0.3 is 14.8 Å². The number of carbonyl (C=O) groups is 2. The third-order valence-electron chi connectivity index (χ3n) is 7.56. The fourth-order valence-electron chi connectivity index (χ4n) is 5.69. The summed E-state index contributed by atoms with van der Waals surface area (Å²) in [4.78, 5) is 35.2. The summed E-state index contributed by atoms with van der Waals surface area (Å²) in [5, 5.41) is 3.63. The van der Waals surface area contributed by atoms with Gasteiger partial charge in [-0.15, -0.1) is 0 Å². The van der Waals surface area contributed by atoms with Gasteiger partial charge in [0.15, 0.2) is 17.3 Å². The fourth-order valence-corrected chi connectivity index (χ4v) is 5.69. The highest BCUT2D eigenvalue weighted by Crippen LogP contribution is 2.45. The average Bonchev–Trinajstić information content (AvgIpc) is 3.54. The number of benzene rings is 1. The molecule has 0 spiro atoms. The first-order valence-electron chi connectivity index (χ1n) is 12.2. The number of imidazole rings is 1. The van der Waals surface area contributed by atoms with Crippen LogP contribution in [0, 0.1) is 5.92 Å². The molecule has 1 amide bonds. The lowest BCUT2D eigenvalue weighted by atomic mass is 9.92. The van der Waals surface area contributed by atoms with Gasteiger partial charge in [-0.3, -0.25) is 14.5 Å². The molecule has 7 nitrogen and oxygen atoms in total. The molecule has 1 aliphatic carbocycles. The average molecular weight is 460 g/mol. The number of allylic oxidation sites excluding steroid dienone is 2. The molecule has 3 aliphatic rings. The molecule has 0 bridgehead atoms. The molecule has 0 radical (unpaired) electrons. The Kier molecular flexibility index (Phi) is 5.90. The van der Waals surface area contributed by atoms with Gasteiger partial charge >= 0.3 is 0 Å². The predicted molar refractivity (Wildman–Crippen MR) is 133 cm³/mol. The van der Waals surface area contributed by atoms with Crippen molar-refractivity contribution in [1.82, 2.24) is 19.8 Å². The van der Waals surface area contributed by atoms with Gasteiger partial charge in [-0.1, -0.05) is 48.6 Å². The molecule has 178 valence electrons. The number of amides is 1. The van der Waals surface area contributed by atoms with Gasteiger partial charge in [0.1, 0.15) is 11.6 Å². The van der Waals surface area contributed by atoms with Crippen LogP contribution < -0.4 is 10.2 Å². The number of carbonyl (C=O) groups excluding carboxylic acids is 2. The fraction of sp³-hybridized carbons (Fsp3) is 0.444. The van der Waals surface area contributed by atoms with Crippen molar-refractivity contribution in [2.75, 3.05) is 25.0 Å². The third kappa shape index (κ3) is 3.78. The van der Waals surface area contributed by atoms with Crippen molar-refractivity contribution in [3.05, 3.63) is 71.5 Å². The molecule has 5 rings (SSSR count). The van der Waals surface area contributed by atoms with E-state index in [4.69, 9.17) is 4.98 Å². The molecule has 1 aromatic heterocycles. The van der Waals surface area contributed by atoms with Crippen LogP contribution in [0.5, 0.6) is 0 Å². The molecule has 1 unspecified atom stereocenters. The summed E-state index contributed by atoms with van der Waals surface area (Å²) in [5.74, 6) is 2.67. The van der Waals surface area contributed by atoms with Crippen LogP contribution in [0.25, 0.3) is 0 Å². The second-order valence-corrected chi connectivity index (χ2v) is 9.89. The minimum absolute atomic E-state index is 0.0489. The van der Waals surface area contributed by atoms with E-state index in [1.165, 1.54) is 10.5 Å². The molecule has 3 atom stereocenters. The van der Waals surface area contributed by atoms with Gasteiger partial charge in [0.25, 0.3) is 5.91 Å². The molecule has 1 saturated carbocycles. The first-order valence-corrected chi connectivity index (χ1v) is 12.2. The zero-order valence-electron chi connectivity index (χ0n) is 20.3. The van der Waals surface area contributed by atoms with Crippen molar-refractivity contribution < 1.29 is 9.59 Å². The lowest BCUT2D eigenvalue weighted by molar-refractivity contribution is 0.0738. The number of hydrogen-bond acceptors (Lipinski definition) is 5. The molecular formula is C27H33N5O2. The number of fused-ring (bicyclic) bond motifs is 2. The summed E-state index contributed by atoms with van der Waals surface area (Å²) in [7, 11) is 1.88. The van der Waals surface area contributed by atoms with E-state index in [9.17, 15) is 9.59 Å². The highest BCUT2D eigenvalue weighted by atomic mass is 16.2. The number of ketones is 1. The van der Waals surface area contributed by atoms with Crippen LogP contribution in [0.2, 0.25) is 0 Å². The third-order valence-corrected chi connectivity index (χ3v) is 7.56. The standard InChI is InChI=1S/C27H33N5O2/c1-17(2)13-15-31-24-26(29-25(31)21-10-11-22-20(21)12-14-28-22)30(4)18(3)32(27(24)34)16-23(33)19-8-6-5-7-9-19/h5-9,13,20-22,28H,3,10-12,14-16H2,1-2,4H3/t20-,21?,22+/m0/s1. The molecule has 2 fully saturated rings. The van der Waals surface area contributed by atoms with E-state index in [0.717, 1.165) is 31.6 Å². The molecule has 34 heavy (non-hydrogen) atoms. The van der Waals surface area contributed by atoms with Crippen molar-refractivity contribution in [1.29, 1.82) is 0 Å². The molecule has 2 aliphatic heterocycles. The maximum atomic E-state index is 13.9. The maximum absolute atomic E-state index is 13.9. The van der Waals surface area contributed by atoms with Gasteiger partial charge in [0.2, 0.25) is 0 Å². The Hall–Kier alpha value is -3.19. The Balaban J connectivity index is 1.54. The van der Waals surface area contributed by atoms with Crippen LogP contribution in [0.3, 0.4) is 0 Å². The first-order chi connectivity index (χ1) is 16.4. The molecular weight excluding hydrogens is 426 g/mol. The summed E-state index contributed by atoms with van der Waals surface area (Å²) >= 11 is 0. The quantitative estimate of drug-likeness (QED) is 0.523. The predicted octanol–water partition coefficient (Wildman–Crippen LogP) is 3.95. The van der Waals surface area contributed by atoms with E-state index >= 15 is 0 Å². The molecule has 7 heteroatoms. The van der Waals surface area contributed by atoms with Crippen molar-refractivity contribution in [2.24, 2.45) is 5.92 Å². The Morgan fingerprint density at radius 3 is 2.71 bits per heavy atom. The first kappa shape index (κ1) is 22.6. The van der Waals surface area contributed by atoms with Crippen LogP contribution in [0.15, 0.2) is 54.4 Å². The second kappa shape index (κ2) is 8.87. The van der Waals surface area contributed by atoms with Gasteiger partial charge in [-0.05, 0) is 45.6 Å². The van der Waals surface area contributed by atoms with Gasteiger partial charge in [0.05, 0.1) is 6.54 Å². The van der Waals surface area contributed by atoms with Crippen molar-refractivity contribution in [2.45, 2.75) is 51.6 Å². The van der Waals surface area contributed by atoms with Crippen molar-refractivity contribution >= 4 is 17.5 Å².